The Balaban J connectivity index is 0.00000441. The van der Waals surface area contributed by atoms with E-state index in [9.17, 15) is 0 Å². The molecule has 0 radical (unpaired) electrons. The van der Waals surface area contributed by atoms with Gasteiger partial charge in [-0.25, -0.2) is 0 Å². The van der Waals surface area contributed by atoms with Crippen LogP contribution >= 0.6 is 24.0 Å². The van der Waals surface area contributed by atoms with Crippen molar-refractivity contribution in [1.29, 1.82) is 0 Å². The fourth-order valence-electron chi connectivity index (χ4n) is 1.65. The fraction of sp³-hybridized carbons (Fsp3) is 0.533. The highest BCUT2D eigenvalue weighted by atomic mass is 127. The van der Waals surface area contributed by atoms with Crippen molar-refractivity contribution in [2.24, 2.45) is 4.99 Å². The zero-order chi connectivity index (χ0) is 15.3. The van der Waals surface area contributed by atoms with Gasteiger partial charge in [0.2, 0.25) is 0 Å². The molecule has 0 unspecified atom stereocenters. The summed E-state index contributed by atoms with van der Waals surface area (Å²) in [6.45, 7) is 2.81. The molecule has 0 fully saturated rings. The van der Waals surface area contributed by atoms with Gasteiger partial charge < -0.3 is 24.8 Å². The van der Waals surface area contributed by atoms with E-state index in [1.807, 2.05) is 24.3 Å². The van der Waals surface area contributed by atoms with Crippen molar-refractivity contribution >= 4 is 29.9 Å². The minimum Gasteiger partial charge on any atom is -0.497 e. The highest BCUT2D eigenvalue weighted by molar-refractivity contribution is 14.0. The van der Waals surface area contributed by atoms with Gasteiger partial charge in [-0.3, -0.25) is 4.99 Å². The smallest absolute Gasteiger partial charge is 0.191 e. The third-order valence-corrected chi connectivity index (χ3v) is 2.75. The summed E-state index contributed by atoms with van der Waals surface area (Å²) in [5.74, 6) is 2.39. The van der Waals surface area contributed by atoms with Crippen molar-refractivity contribution in [3.63, 3.8) is 0 Å². The lowest BCUT2D eigenvalue weighted by atomic mass is 10.3. The lowest BCUT2D eigenvalue weighted by Crippen LogP contribution is -2.39. The molecule has 0 atom stereocenters. The van der Waals surface area contributed by atoms with Gasteiger partial charge in [-0.05, 0) is 18.6 Å². The molecule has 0 amide bonds. The number of aliphatic imine (C=N–C) groups is 1. The van der Waals surface area contributed by atoms with Crippen LogP contribution in [0.2, 0.25) is 0 Å². The summed E-state index contributed by atoms with van der Waals surface area (Å²) in [5.41, 5.74) is 0. The lowest BCUT2D eigenvalue weighted by Gasteiger charge is -2.12. The number of halogens is 1. The van der Waals surface area contributed by atoms with Crippen molar-refractivity contribution in [3.8, 4) is 11.5 Å². The number of nitrogens with one attached hydrogen (secondary N) is 2. The molecule has 6 nitrogen and oxygen atoms in total. The summed E-state index contributed by atoms with van der Waals surface area (Å²) in [6.07, 6.45) is 0.877. The van der Waals surface area contributed by atoms with Gasteiger partial charge in [0.05, 0.1) is 20.3 Å². The molecular weight excluding hydrogens is 397 g/mol. The summed E-state index contributed by atoms with van der Waals surface area (Å²) < 4.78 is 15.8. The Kier molecular flexibility index (Phi) is 12.7. The van der Waals surface area contributed by atoms with E-state index < -0.39 is 0 Å². The summed E-state index contributed by atoms with van der Waals surface area (Å²) in [7, 11) is 5.06. The van der Waals surface area contributed by atoms with Crippen LogP contribution in [0.4, 0.5) is 0 Å². The van der Waals surface area contributed by atoms with Crippen molar-refractivity contribution in [2.75, 3.05) is 47.6 Å². The molecule has 1 aromatic carbocycles. The minimum atomic E-state index is 0. The van der Waals surface area contributed by atoms with Gasteiger partial charge in [-0.2, -0.15) is 0 Å². The van der Waals surface area contributed by atoms with E-state index >= 15 is 0 Å². The Bertz CT molecular complexity index is 430. The van der Waals surface area contributed by atoms with Crippen molar-refractivity contribution in [3.05, 3.63) is 24.3 Å². The van der Waals surface area contributed by atoms with Crippen LogP contribution in [0.15, 0.2) is 29.3 Å². The van der Waals surface area contributed by atoms with Gasteiger partial charge in [0.25, 0.3) is 0 Å². The summed E-state index contributed by atoms with van der Waals surface area (Å²) in [4.78, 5) is 4.12. The molecule has 7 heteroatoms. The summed E-state index contributed by atoms with van der Waals surface area (Å²) in [5, 5.41) is 6.37. The molecule has 0 aliphatic heterocycles. The first kappa shape index (κ1) is 20.8. The maximum atomic E-state index is 5.66. The van der Waals surface area contributed by atoms with Crippen LogP contribution in [0.3, 0.4) is 0 Å². The predicted octanol–water partition coefficient (Wildman–Crippen LogP) is 1.89. The first-order valence-corrected chi connectivity index (χ1v) is 7.00. The summed E-state index contributed by atoms with van der Waals surface area (Å²) in [6, 6.07) is 7.60. The monoisotopic (exact) mass is 423 g/mol. The maximum Gasteiger partial charge on any atom is 0.191 e. The number of benzene rings is 1. The van der Waals surface area contributed by atoms with Gasteiger partial charge in [0.15, 0.2) is 5.96 Å². The molecule has 0 spiro atoms. The second-order valence-corrected chi connectivity index (χ2v) is 4.30. The Morgan fingerprint density at radius 1 is 1.09 bits per heavy atom. The molecule has 126 valence electrons. The van der Waals surface area contributed by atoms with E-state index in [0.29, 0.717) is 13.2 Å². The van der Waals surface area contributed by atoms with Crippen LogP contribution in [0.5, 0.6) is 11.5 Å². The SMILES string of the molecule is CN=C(NCCCOc1cccc(OC)c1)NCCOC.I. The summed E-state index contributed by atoms with van der Waals surface area (Å²) >= 11 is 0. The first-order valence-electron chi connectivity index (χ1n) is 7.00. The number of nitrogens with zero attached hydrogens (tertiary/aromatic N) is 1. The highest BCUT2D eigenvalue weighted by Crippen LogP contribution is 2.18. The van der Waals surface area contributed by atoms with Crippen molar-refractivity contribution in [1.82, 2.24) is 10.6 Å². The van der Waals surface area contributed by atoms with Gasteiger partial charge in [0.1, 0.15) is 11.5 Å². The van der Waals surface area contributed by atoms with Crippen LogP contribution in [0.1, 0.15) is 6.42 Å². The Morgan fingerprint density at radius 2 is 1.82 bits per heavy atom. The first-order chi connectivity index (χ1) is 10.3. The number of methoxy groups -OCH3 is 2. The average molecular weight is 423 g/mol. The van der Waals surface area contributed by atoms with E-state index in [1.54, 1.807) is 21.3 Å². The van der Waals surface area contributed by atoms with Crippen molar-refractivity contribution in [2.45, 2.75) is 6.42 Å². The van der Waals surface area contributed by atoms with E-state index in [-0.39, 0.29) is 24.0 Å². The second kappa shape index (κ2) is 13.4. The van der Waals surface area contributed by atoms with E-state index in [0.717, 1.165) is 37.0 Å². The second-order valence-electron chi connectivity index (χ2n) is 4.30. The normalized spacial score (nSPS) is 10.6. The molecular formula is C15H26IN3O3. The molecule has 0 bridgehead atoms. The molecule has 0 aliphatic carbocycles. The van der Waals surface area contributed by atoms with E-state index in [2.05, 4.69) is 15.6 Å². The van der Waals surface area contributed by atoms with Gasteiger partial charge >= 0.3 is 0 Å². The molecule has 1 rings (SSSR count). The van der Waals surface area contributed by atoms with Crippen LogP contribution in [0.25, 0.3) is 0 Å². The Labute approximate surface area is 149 Å². The van der Waals surface area contributed by atoms with Crippen LogP contribution in [0, 0.1) is 0 Å². The van der Waals surface area contributed by atoms with Crippen molar-refractivity contribution < 1.29 is 14.2 Å². The zero-order valence-corrected chi connectivity index (χ0v) is 15.8. The zero-order valence-electron chi connectivity index (χ0n) is 13.4. The molecule has 0 saturated heterocycles. The third kappa shape index (κ3) is 8.93. The number of rotatable bonds is 9. The molecule has 0 aliphatic rings. The number of ether oxygens (including phenoxy) is 3. The molecule has 0 heterocycles. The largest absolute Gasteiger partial charge is 0.497 e. The lowest BCUT2D eigenvalue weighted by molar-refractivity contribution is 0.203. The highest BCUT2D eigenvalue weighted by Gasteiger charge is 1.98. The fourth-order valence-corrected chi connectivity index (χ4v) is 1.65. The van der Waals surface area contributed by atoms with Crippen LogP contribution in [-0.4, -0.2) is 53.5 Å². The Hall–Kier alpha value is -1.22. The molecule has 1 aromatic rings. The average Bonchev–Trinajstić information content (AvgIpc) is 2.53. The number of hydrogen-bond acceptors (Lipinski definition) is 4. The van der Waals surface area contributed by atoms with Gasteiger partial charge in [0, 0.05) is 33.3 Å². The molecule has 22 heavy (non-hydrogen) atoms. The molecule has 2 N–H and O–H groups in total. The number of guanidine groups is 1. The predicted molar refractivity (Wildman–Crippen MR) is 99.8 cm³/mol. The molecule has 0 saturated carbocycles. The van der Waals surface area contributed by atoms with Gasteiger partial charge in [-0.1, -0.05) is 6.07 Å². The topological polar surface area (TPSA) is 64.1 Å². The van der Waals surface area contributed by atoms with Crippen LogP contribution in [-0.2, 0) is 4.74 Å². The van der Waals surface area contributed by atoms with E-state index in [1.165, 1.54) is 0 Å². The van der Waals surface area contributed by atoms with Crippen LogP contribution < -0.4 is 20.1 Å². The quantitative estimate of drug-likeness (QED) is 0.275. The number of hydrogen-bond donors (Lipinski definition) is 2. The Morgan fingerprint density at radius 3 is 2.50 bits per heavy atom. The van der Waals surface area contributed by atoms with Gasteiger partial charge in [-0.15, -0.1) is 24.0 Å². The minimum absolute atomic E-state index is 0. The third-order valence-electron chi connectivity index (χ3n) is 2.75. The van der Waals surface area contributed by atoms with E-state index in [4.69, 9.17) is 14.2 Å². The molecule has 0 aromatic heterocycles. The standard InChI is InChI=1S/C15H25N3O3.HI/c1-16-15(18-9-11-19-2)17-8-5-10-21-14-7-4-6-13(12-14)20-3;/h4,6-7,12H,5,8-11H2,1-3H3,(H2,16,17,18);1H. The maximum absolute atomic E-state index is 5.66.